The molecule has 0 fully saturated rings. The second kappa shape index (κ2) is 6.60. The van der Waals surface area contributed by atoms with E-state index in [4.69, 9.17) is 0 Å². The molecule has 2 heterocycles. The van der Waals surface area contributed by atoms with Crippen LogP contribution in [0.1, 0.15) is 30.5 Å². The van der Waals surface area contributed by atoms with E-state index in [-0.39, 0.29) is 24.3 Å². The van der Waals surface area contributed by atoms with E-state index in [9.17, 15) is 9.59 Å². The molecule has 1 atom stereocenters. The maximum Gasteiger partial charge on any atom is 0.226 e. The zero-order valence-electron chi connectivity index (χ0n) is 13.0. The molecule has 118 valence electrons. The molecule has 1 aliphatic rings. The van der Waals surface area contributed by atoms with E-state index < -0.39 is 0 Å². The highest BCUT2D eigenvalue weighted by atomic mass is 16.2. The van der Waals surface area contributed by atoms with Gasteiger partial charge < -0.3 is 10.2 Å². The zero-order valence-corrected chi connectivity index (χ0v) is 13.0. The smallest absolute Gasteiger partial charge is 0.226 e. The average molecular weight is 309 g/mol. The fourth-order valence-electron chi connectivity index (χ4n) is 3.07. The van der Waals surface area contributed by atoms with Crippen LogP contribution in [0, 0.1) is 0 Å². The maximum absolute atomic E-state index is 12.4. The van der Waals surface area contributed by atoms with Crippen LogP contribution in [0.3, 0.4) is 0 Å². The summed E-state index contributed by atoms with van der Waals surface area (Å²) >= 11 is 0. The van der Waals surface area contributed by atoms with Crippen molar-refractivity contribution >= 4 is 17.5 Å². The summed E-state index contributed by atoms with van der Waals surface area (Å²) in [6.07, 6.45) is 4.34. The van der Waals surface area contributed by atoms with Crippen LogP contribution < -0.4 is 5.32 Å². The van der Waals surface area contributed by atoms with Crippen molar-refractivity contribution in [2.24, 2.45) is 0 Å². The standard InChI is InChI=1S/C18H19N3O2/c1-13(22)21-10-8-14-5-2-3-7-16(14)17(21)11-18(23)20-15-6-4-9-19-12-15/h2-7,9,12,17H,8,10-11H2,1H3,(H,20,23)/t17-/m0/s1. The Hall–Kier alpha value is -2.69. The normalized spacial score (nSPS) is 16.6. The Labute approximate surface area is 135 Å². The van der Waals surface area contributed by atoms with E-state index in [0.717, 1.165) is 12.0 Å². The van der Waals surface area contributed by atoms with Crippen molar-refractivity contribution in [3.05, 3.63) is 59.9 Å². The first-order chi connectivity index (χ1) is 11.1. The van der Waals surface area contributed by atoms with Crippen molar-refractivity contribution < 1.29 is 9.59 Å². The summed E-state index contributed by atoms with van der Waals surface area (Å²) in [4.78, 5) is 30.1. The predicted octanol–water partition coefficient (Wildman–Crippen LogP) is 2.56. The van der Waals surface area contributed by atoms with Crippen LogP contribution in [-0.2, 0) is 16.0 Å². The van der Waals surface area contributed by atoms with Crippen LogP contribution in [0.2, 0.25) is 0 Å². The van der Waals surface area contributed by atoms with Gasteiger partial charge in [-0.3, -0.25) is 14.6 Å². The highest BCUT2D eigenvalue weighted by Crippen LogP contribution is 2.32. The molecule has 1 aromatic carbocycles. The summed E-state index contributed by atoms with van der Waals surface area (Å²) < 4.78 is 0. The lowest BCUT2D eigenvalue weighted by atomic mass is 9.90. The number of rotatable bonds is 3. The van der Waals surface area contributed by atoms with Gasteiger partial charge in [-0.05, 0) is 29.7 Å². The van der Waals surface area contributed by atoms with Gasteiger partial charge in [0.25, 0.3) is 0 Å². The SMILES string of the molecule is CC(=O)N1CCc2ccccc2[C@@H]1CC(=O)Nc1cccnc1. The largest absolute Gasteiger partial charge is 0.335 e. The van der Waals surface area contributed by atoms with Crippen molar-refractivity contribution in [1.82, 2.24) is 9.88 Å². The highest BCUT2D eigenvalue weighted by molar-refractivity contribution is 5.91. The van der Waals surface area contributed by atoms with Gasteiger partial charge in [0.15, 0.2) is 0 Å². The number of hydrogen-bond acceptors (Lipinski definition) is 3. The molecule has 0 radical (unpaired) electrons. The number of pyridine rings is 1. The Morgan fingerprint density at radius 3 is 2.83 bits per heavy atom. The fraction of sp³-hybridized carbons (Fsp3) is 0.278. The summed E-state index contributed by atoms with van der Waals surface area (Å²) in [5, 5.41) is 2.84. The first-order valence-corrected chi connectivity index (χ1v) is 7.70. The molecular formula is C18H19N3O2. The Balaban J connectivity index is 1.80. The van der Waals surface area contributed by atoms with Crippen LogP contribution in [0.15, 0.2) is 48.8 Å². The summed E-state index contributed by atoms with van der Waals surface area (Å²) in [6.45, 7) is 2.21. The molecule has 1 aliphatic heterocycles. The van der Waals surface area contributed by atoms with E-state index in [0.29, 0.717) is 12.2 Å². The number of amides is 2. The fourth-order valence-corrected chi connectivity index (χ4v) is 3.07. The van der Waals surface area contributed by atoms with Crippen LogP contribution >= 0.6 is 0 Å². The minimum absolute atomic E-state index is 0.00122. The monoisotopic (exact) mass is 309 g/mol. The number of nitrogens with zero attached hydrogens (tertiary/aromatic N) is 2. The molecule has 0 aliphatic carbocycles. The van der Waals surface area contributed by atoms with Crippen molar-refractivity contribution in [2.75, 3.05) is 11.9 Å². The number of benzene rings is 1. The zero-order chi connectivity index (χ0) is 16.2. The number of aromatic nitrogens is 1. The molecule has 0 unspecified atom stereocenters. The number of hydrogen-bond donors (Lipinski definition) is 1. The third-order valence-electron chi connectivity index (χ3n) is 4.14. The third-order valence-corrected chi connectivity index (χ3v) is 4.14. The number of anilines is 1. The van der Waals surface area contributed by atoms with Gasteiger partial charge in [-0.15, -0.1) is 0 Å². The van der Waals surface area contributed by atoms with Gasteiger partial charge in [0.05, 0.1) is 24.3 Å². The van der Waals surface area contributed by atoms with Gasteiger partial charge in [0.1, 0.15) is 0 Å². The summed E-state index contributed by atoms with van der Waals surface area (Å²) in [7, 11) is 0. The minimum Gasteiger partial charge on any atom is -0.335 e. The number of carbonyl (C=O) groups excluding carboxylic acids is 2. The second-order valence-electron chi connectivity index (χ2n) is 5.67. The van der Waals surface area contributed by atoms with Crippen molar-refractivity contribution in [3.8, 4) is 0 Å². The molecule has 2 aromatic rings. The summed E-state index contributed by atoms with van der Waals surface area (Å²) in [5.41, 5.74) is 2.94. The van der Waals surface area contributed by atoms with E-state index >= 15 is 0 Å². The second-order valence-corrected chi connectivity index (χ2v) is 5.67. The average Bonchev–Trinajstić information content (AvgIpc) is 2.55. The first kappa shape index (κ1) is 15.2. The van der Waals surface area contributed by atoms with Gasteiger partial charge in [-0.1, -0.05) is 24.3 Å². The van der Waals surface area contributed by atoms with Gasteiger partial charge in [-0.25, -0.2) is 0 Å². The molecule has 5 heteroatoms. The van der Waals surface area contributed by atoms with Crippen molar-refractivity contribution in [2.45, 2.75) is 25.8 Å². The van der Waals surface area contributed by atoms with Crippen molar-refractivity contribution in [1.29, 1.82) is 0 Å². The molecule has 0 saturated carbocycles. The molecule has 2 amide bonds. The maximum atomic E-state index is 12.4. The number of nitrogens with one attached hydrogen (secondary N) is 1. The lowest BCUT2D eigenvalue weighted by Crippen LogP contribution is -2.40. The molecule has 0 saturated heterocycles. The van der Waals surface area contributed by atoms with Gasteiger partial charge in [0.2, 0.25) is 11.8 Å². The van der Waals surface area contributed by atoms with E-state index in [1.54, 1.807) is 36.4 Å². The van der Waals surface area contributed by atoms with Gasteiger partial charge >= 0.3 is 0 Å². The van der Waals surface area contributed by atoms with Crippen molar-refractivity contribution in [3.63, 3.8) is 0 Å². The molecule has 0 spiro atoms. The van der Waals surface area contributed by atoms with E-state index in [1.807, 2.05) is 18.2 Å². The Kier molecular flexibility index (Phi) is 4.37. The van der Waals surface area contributed by atoms with Gasteiger partial charge in [-0.2, -0.15) is 0 Å². The topological polar surface area (TPSA) is 62.3 Å². The number of fused-ring (bicyclic) bond motifs is 1. The minimum atomic E-state index is -0.214. The molecular weight excluding hydrogens is 290 g/mol. The van der Waals surface area contributed by atoms with Crippen LogP contribution in [0.4, 0.5) is 5.69 Å². The highest BCUT2D eigenvalue weighted by Gasteiger charge is 2.30. The number of carbonyl (C=O) groups is 2. The first-order valence-electron chi connectivity index (χ1n) is 7.70. The quantitative estimate of drug-likeness (QED) is 0.948. The Bertz CT molecular complexity index is 715. The molecule has 23 heavy (non-hydrogen) atoms. The van der Waals surface area contributed by atoms with Crippen LogP contribution in [-0.4, -0.2) is 28.2 Å². The molecule has 1 aromatic heterocycles. The lowest BCUT2D eigenvalue weighted by Gasteiger charge is -2.36. The summed E-state index contributed by atoms with van der Waals surface area (Å²) in [5.74, 6) is -0.121. The lowest BCUT2D eigenvalue weighted by molar-refractivity contribution is -0.132. The third kappa shape index (κ3) is 3.39. The van der Waals surface area contributed by atoms with E-state index in [1.165, 1.54) is 5.56 Å². The molecule has 0 bridgehead atoms. The van der Waals surface area contributed by atoms with Gasteiger partial charge in [0, 0.05) is 19.7 Å². The molecule has 3 rings (SSSR count). The van der Waals surface area contributed by atoms with E-state index in [2.05, 4.69) is 16.4 Å². The molecule has 1 N–H and O–H groups in total. The summed E-state index contributed by atoms with van der Waals surface area (Å²) in [6, 6.07) is 11.4. The van der Waals surface area contributed by atoms with Crippen LogP contribution in [0.25, 0.3) is 0 Å². The predicted molar refractivity (Wildman–Crippen MR) is 87.8 cm³/mol. The van der Waals surface area contributed by atoms with Crippen LogP contribution in [0.5, 0.6) is 0 Å². The Morgan fingerprint density at radius 2 is 2.09 bits per heavy atom. The Morgan fingerprint density at radius 1 is 1.26 bits per heavy atom. The molecule has 5 nitrogen and oxygen atoms in total.